The molecule has 1 aliphatic carbocycles. The lowest BCUT2D eigenvalue weighted by Gasteiger charge is -2.34. The van der Waals surface area contributed by atoms with Crippen LogP contribution in [-0.2, 0) is 6.54 Å². The maximum Gasteiger partial charge on any atom is 0.0411 e. The van der Waals surface area contributed by atoms with Crippen molar-refractivity contribution in [3.8, 4) is 0 Å². The van der Waals surface area contributed by atoms with Crippen LogP contribution >= 0.6 is 0 Å². The fraction of sp³-hybridized carbons (Fsp3) is 0.571. The summed E-state index contributed by atoms with van der Waals surface area (Å²) < 4.78 is 0. The van der Waals surface area contributed by atoms with E-state index in [1.54, 1.807) is 0 Å². The van der Waals surface area contributed by atoms with Crippen molar-refractivity contribution in [2.45, 2.75) is 32.7 Å². The summed E-state index contributed by atoms with van der Waals surface area (Å²) in [7, 11) is 0. The minimum absolute atomic E-state index is 0.636. The van der Waals surface area contributed by atoms with Gasteiger partial charge in [-0.05, 0) is 37.3 Å². The van der Waals surface area contributed by atoms with Crippen molar-refractivity contribution < 1.29 is 0 Å². The van der Waals surface area contributed by atoms with Crippen molar-refractivity contribution in [1.29, 1.82) is 0 Å². The quantitative estimate of drug-likeness (QED) is 0.823. The molecular formula is C14H22N2. The van der Waals surface area contributed by atoms with Gasteiger partial charge in [-0.25, -0.2) is 0 Å². The zero-order chi connectivity index (χ0) is 11.4. The van der Waals surface area contributed by atoms with Crippen molar-refractivity contribution >= 4 is 5.69 Å². The van der Waals surface area contributed by atoms with Crippen LogP contribution in [0.2, 0.25) is 0 Å². The van der Waals surface area contributed by atoms with Gasteiger partial charge in [-0.3, -0.25) is 0 Å². The smallest absolute Gasteiger partial charge is 0.0411 e. The minimum atomic E-state index is 0.636. The second-order valence-corrected chi connectivity index (χ2v) is 4.67. The molecule has 0 saturated heterocycles. The summed E-state index contributed by atoms with van der Waals surface area (Å²) in [6, 6.07) is 8.52. The van der Waals surface area contributed by atoms with E-state index in [2.05, 4.69) is 36.1 Å². The Morgan fingerprint density at radius 2 is 2.06 bits per heavy atom. The van der Waals surface area contributed by atoms with Crippen LogP contribution in [0.5, 0.6) is 0 Å². The van der Waals surface area contributed by atoms with Crippen LogP contribution < -0.4 is 10.6 Å². The first-order valence-electron chi connectivity index (χ1n) is 6.38. The van der Waals surface area contributed by atoms with Crippen LogP contribution in [-0.4, -0.2) is 13.1 Å². The lowest BCUT2D eigenvalue weighted by atomic mass is 9.85. The first kappa shape index (κ1) is 11.5. The van der Waals surface area contributed by atoms with Gasteiger partial charge in [0.1, 0.15) is 0 Å². The highest BCUT2D eigenvalue weighted by atomic mass is 15.1. The summed E-state index contributed by atoms with van der Waals surface area (Å²) in [6.45, 7) is 5.14. The van der Waals surface area contributed by atoms with Crippen LogP contribution in [0, 0.1) is 5.92 Å². The summed E-state index contributed by atoms with van der Waals surface area (Å²) in [5, 5.41) is 0. The molecule has 0 heterocycles. The molecule has 0 amide bonds. The molecule has 0 aromatic heterocycles. The van der Waals surface area contributed by atoms with E-state index in [4.69, 9.17) is 5.73 Å². The number of hydrogen-bond donors (Lipinski definition) is 1. The molecule has 0 unspecified atom stereocenters. The minimum Gasteiger partial charge on any atom is -0.371 e. The number of hydrogen-bond acceptors (Lipinski definition) is 2. The predicted molar refractivity (Wildman–Crippen MR) is 69.6 cm³/mol. The molecule has 2 rings (SSSR count). The van der Waals surface area contributed by atoms with Crippen LogP contribution in [0.25, 0.3) is 0 Å². The molecule has 0 atom stereocenters. The Morgan fingerprint density at radius 3 is 2.62 bits per heavy atom. The van der Waals surface area contributed by atoms with E-state index >= 15 is 0 Å². The molecule has 1 fully saturated rings. The summed E-state index contributed by atoms with van der Waals surface area (Å²) in [5.41, 5.74) is 8.39. The zero-order valence-electron chi connectivity index (χ0n) is 10.2. The number of para-hydroxylation sites is 1. The van der Waals surface area contributed by atoms with Gasteiger partial charge in [0.2, 0.25) is 0 Å². The molecule has 1 aliphatic rings. The van der Waals surface area contributed by atoms with Crippen molar-refractivity contribution in [1.82, 2.24) is 0 Å². The first-order valence-corrected chi connectivity index (χ1v) is 6.38. The molecule has 1 saturated carbocycles. The molecular weight excluding hydrogens is 196 g/mol. The van der Waals surface area contributed by atoms with E-state index in [0.29, 0.717) is 6.54 Å². The van der Waals surface area contributed by atoms with Gasteiger partial charge in [0, 0.05) is 25.3 Å². The van der Waals surface area contributed by atoms with Crippen molar-refractivity contribution in [3.05, 3.63) is 29.8 Å². The van der Waals surface area contributed by atoms with Crippen LogP contribution in [0.4, 0.5) is 5.69 Å². The van der Waals surface area contributed by atoms with Gasteiger partial charge in [-0.2, -0.15) is 0 Å². The monoisotopic (exact) mass is 218 g/mol. The standard InChI is InChI=1S/C14H22N2/c1-2-16(11-12-6-5-7-12)14-9-4-3-8-13(14)10-15/h3-4,8-9,12H,2,5-7,10-11,15H2,1H3. The lowest BCUT2D eigenvalue weighted by molar-refractivity contribution is 0.318. The molecule has 88 valence electrons. The largest absolute Gasteiger partial charge is 0.371 e. The Hall–Kier alpha value is -1.02. The van der Waals surface area contributed by atoms with Gasteiger partial charge in [0.15, 0.2) is 0 Å². The summed E-state index contributed by atoms with van der Waals surface area (Å²) in [5.74, 6) is 0.908. The maximum absolute atomic E-state index is 5.79. The highest BCUT2D eigenvalue weighted by Gasteiger charge is 2.20. The van der Waals surface area contributed by atoms with E-state index in [0.717, 1.165) is 12.5 Å². The van der Waals surface area contributed by atoms with Crippen LogP contribution in [0.3, 0.4) is 0 Å². The highest BCUT2D eigenvalue weighted by Crippen LogP contribution is 2.29. The molecule has 2 nitrogen and oxygen atoms in total. The van der Waals surface area contributed by atoms with Gasteiger partial charge in [0.05, 0.1) is 0 Å². The van der Waals surface area contributed by atoms with E-state index in [1.165, 1.54) is 37.1 Å². The van der Waals surface area contributed by atoms with Crippen molar-refractivity contribution in [2.24, 2.45) is 11.7 Å². The van der Waals surface area contributed by atoms with E-state index < -0.39 is 0 Å². The molecule has 0 spiro atoms. The SMILES string of the molecule is CCN(CC1CCC1)c1ccccc1CN. The van der Waals surface area contributed by atoms with Gasteiger partial charge >= 0.3 is 0 Å². The fourth-order valence-electron chi connectivity index (χ4n) is 2.38. The topological polar surface area (TPSA) is 29.3 Å². The lowest BCUT2D eigenvalue weighted by Crippen LogP contribution is -2.33. The fourth-order valence-corrected chi connectivity index (χ4v) is 2.38. The number of benzene rings is 1. The second-order valence-electron chi connectivity index (χ2n) is 4.67. The molecule has 0 bridgehead atoms. The molecule has 0 radical (unpaired) electrons. The van der Waals surface area contributed by atoms with Gasteiger partial charge < -0.3 is 10.6 Å². The third-order valence-corrected chi connectivity index (χ3v) is 3.64. The molecule has 1 aromatic rings. The highest BCUT2D eigenvalue weighted by molar-refractivity contribution is 5.53. The maximum atomic E-state index is 5.79. The van der Waals surface area contributed by atoms with E-state index in [9.17, 15) is 0 Å². The van der Waals surface area contributed by atoms with Gasteiger partial charge in [-0.1, -0.05) is 24.6 Å². The van der Waals surface area contributed by atoms with Crippen molar-refractivity contribution in [3.63, 3.8) is 0 Å². The first-order chi connectivity index (χ1) is 7.85. The summed E-state index contributed by atoms with van der Waals surface area (Å²) in [4.78, 5) is 2.48. The molecule has 1 aromatic carbocycles. The summed E-state index contributed by atoms with van der Waals surface area (Å²) >= 11 is 0. The normalized spacial score (nSPS) is 15.9. The Balaban J connectivity index is 2.11. The van der Waals surface area contributed by atoms with Crippen LogP contribution in [0.15, 0.2) is 24.3 Å². The second kappa shape index (κ2) is 5.35. The Labute approximate surface area is 98.4 Å². The molecule has 2 N–H and O–H groups in total. The van der Waals surface area contributed by atoms with E-state index in [-0.39, 0.29) is 0 Å². The predicted octanol–water partition coefficient (Wildman–Crippen LogP) is 2.77. The average molecular weight is 218 g/mol. The third-order valence-electron chi connectivity index (χ3n) is 3.64. The molecule has 16 heavy (non-hydrogen) atoms. The summed E-state index contributed by atoms with van der Waals surface area (Å²) in [6.07, 6.45) is 4.23. The number of rotatable bonds is 5. The number of nitrogens with two attached hydrogens (primary N) is 1. The van der Waals surface area contributed by atoms with Gasteiger partial charge in [0.25, 0.3) is 0 Å². The van der Waals surface area contributed by atoms with Crippen LogP contribution in [0.1, 0.15) is 31.7 Å². The third kappa shape index (κ3) is 2.38. The Kier molecular flexibility index (Phi) is 3.83. The average Bonchev–Trinajstić information content (AvgIpc) is 2.28. The number of nitrogens with zero attached hydrogens (tertiary/aromatic N) is 1. The molecule has 2 heteroatoms. The molecule has 0 aliphatic heterocycles. The number of anilines is 1. The Bertz CT molecular complexity index is 331. The van der Waals surface area contributed by atoms with E-state index in [1.807, 2.05) is 0 Å². The van der Waals surface area contributed by atoms with Gasteiger partial charge in [-0.15, -0.1) is 0 Å². The Morgan fingerprint density at radius 1 is 1.31 bits per heavy atom. The zero-order valence-corrected chi connectivity index (χ0v) is 10.2. The van der Waals surface area contributed by atoms with Crippen molar-refractivity contribution in [2.75, 3.05) is 18.0 Å².